The highest BCUT2D eigenvalue weighted by Crippen LogP contribution is 2.40. The lowest BCUT2D eigenvalue weighted by atomic mass is 9.82. The van der Waals surface area contributed by atoms with Crippen LogP contribution in [-0.4, -0.2) is 30.2 Å². The van der Waals surface area contributed by atoms with Crippen LogP contribution in [0.1, 0.15) is 26.2 Å². The van der Waals surface area contributed by atoms with Gasteiger partial charge < -0.3 is 14.6 Å². The molecule has 2 unspecified atom stereocenters. The van der Waals surface area contributed by atoms with E-state index in [9.17, 15) is 5.11 Å². The van der Waals surface area contributed by atoms with E-state index in [1.165, 1.54) is 0 Å². The normalized spacial score (nSPS) is 40.5. The summed E-state index contributed by atoms with van der Waals surface area (Å²) in [5.41, 5.74) is 0. The van der Waals surface area contributed by atoms with Crippen LogP contribution in [0.3, 0.4) is 0 Å². The van der Waals surface area contributed by atoms with Gasteiger partial charge in [0.1, 0.15) is 6.10 Å². The molecule has 0 amide bonds. The van der Waals surface area contributed by atoms with Crippen LogP contribution in [0.4, 0.5) is 0 Å². The Morgan fingerprint density at radius 1 is 1.25 bits per heavy atom. The maximum Gasteiger partial charge on any atom is 0.197 e. The van der Waals surface area contributed by atoms with Gasteiger partial charge >= 0.3 is 0 Å². The topological polar surface area (TPSA) is 38.7 Å². The molecule has 0 aromatic rings. The molecule has 1 aliphatic heterocycles. The number of hydrogen-bond donors (Lipinski definition) is 1. The van der Waals surface area contributed by atoms with E-state index in [1.54, 1.807) is 0 Å². The second-order valence-electron chi connectivity index (χ2n) is 3.77. The Balaban J connectivity index is 2.16. The molecule has 3 heteroatoms. The third-order valence-electron chi connectivity index (χ3n) is 3.00. The average molecular weight is 172 g/mol. The Kier molecular flexibility index (Phi) is 2.10. The van der Waals surface area contributed by atoms with Gasteiger partial charge in [0.2, 0.25) is 0 Å². The first-order valence-electron chi connectivity index (χ1n) is 4.71. The number of ether oxygens (including phenoxy) is 2. The molecule has 0 bridgehead atoms. The molecular weight excluding hydrogens is 156 g/mol. The van der Waals surface area contributed by atoms with Crippen molar-refractivity contribution < 1.29 is 14.6 Å². The van der Waals surface area contributed by atoms with Crippen LogP contribution in [0.2, 0.25) is 0 Å². The number of aliphatic hydroxyl groups excluding tert-OH is 1. The largest absolute Gasteiger partial charge is 0.387 e. The van der Waals surface area contributed by atoms with Gasteiger partial charge in [0.05, 0.1) is 13.2 Å². The highest BCUT2D eigenvalue weighted by atomic mass is 16.7. The van der Waals surface area contributed by atoms with Crippen molar-refractivity contribution in [2.75, 3.05) is 13.2 Å². The van der Waals surface area contributed by atoms with Gasteiger partial charge in [-0.25, -0.2) is 0 Å². The van der Waals surface area contributed by atoms with Gasteiger partial charge in [0.15, 0.2) is 5.79 Å². The number of rotatable bonds is 0. The van der Waals surface area contributed by atoms with Crippen LogP contribution >= 0.6 is 0 Å². The van der Waals surface area contributed by atoms with Crippen LogP contribution in [0.15, 0.2) is 0 Å². The predicted molar refractivity (Wildman–Crippen MR) is 43.7 cm³/mol. The van der Waals surface area contributed by atoms with E-state index >= 15 is 0 Å². The lowest BCUT2D eigenvalue weighted by molar-refractivity contribution is -0.261. The molecular formula is C9H16O3. The van der Waals surface area contributed by atoms with Crippen molar-refractivity contribution in [3.63, 3.8) is 0 Å². The minimum atomic E-state index is -0.655. The molecule has 1 saturated carbocycles. The summed E-state index contributed by atoms with van der Waals surface area (Å²) in [7, 11) is 0. The van der Waals surface area contributed by atoms with Crippen LogP contribution in [0.5, 0.6) is 0 Å². The zero-order valence-electron chi connectivity index (χ0n) is 7.45. The number of hydrogen-bond acceptors (Lipinski definition) is 3. The fourth-order valence-corrected chi connectivity index (χ4v) is 2.27. The summed E-state index contributed by atoms with van der Waals surface area (Å²) >= 11 is 0. The third kappa shape index (κ3) is 1.08. The van der Waals surface area contributed by atoms with Gasteiger partial charge in [-0.1, -0.05) is 13.3 Å². The fourth-order valence-electron chi connectivity index (χ4n) is 2.27. The van der Waals surface area contributed by atoms with E-state index in [0.717, 1.165) is 19.3 Å². The third-order valence-corrected chi connectivity index (χ3v) is 3.00. The van der Waals surface area contributed by atoms with E-state index in [4.69, 9.17) is 9.47 Å². The van der Waals surface area contributed by atoms with Crippen molar-refractivity contribution in [2.45, 2.75) is 38.1 Å². The monoisotopic (exact) mass is 172 g/mol. The van der Waals surface area contributed by atoms with Crippen molar-refractivity contribution in [2.24, 2.45) is 5.92 Å². The predicted octanol–water partition coefficient (Wildman–Crippen LogP) is 0.910. The first kappa shape index (κ1) is 8.48. The van der Waals surface area contributed by atoms with Crippen LogP contribution in [0.25, 0.3) is 0 Å². The maximum absolute atomic E-state index is 9.78. The number of aliphatic hydroxyl groups is 1. The first-order chi connectivity index (χ1) is 5.76. The molecule has 0 radical (unpaired) electrons. The lowest BCUT2D eigenvalue weighted by Gasteiger charge is -2.41. The van der Waals surface area contributed by atoms with Crippen molar-refractivity contribution >= 4 is 0 Å². The molecule has 0 aromatic heterocycles. The Labute approximate surface area is 72.7 Å². The summed E-state index contributed by atoms with van der Waals surface area (Å²) < 4.78 is 11.1. The quantitative estimate of drug-likeness (QED) is 0.590. The summed E-state index contributed by atoms with van der Waals surface area (Å²) in [6.07, 6.45) is 2.56. The minimum absolute atomic E-state index is 0.323. The zero-order valence-corrected chi connectivity index (χ0v) is 7.45. The van der Waals surface area contributed by atoms with Crippen molar-refractivity contribution in [3.05, 3.63) is 0 Å². The van der Waals surface area contributed by atoms with Crippen molar-refractivity contribution in [1.29, 1.82) is 0 Å². The Hall–Kier alpha value is -0.120. The summed E-state index contributed by atoms with van der Waals surface area (Å²) in [4.78, 5) is 0. The van der Waals surface area contributed by atoms with Crippen molar-refractivity contribution in [3.8, 4) is 0 Å². The Morgan fingerprint density at radius 3 is 2.50 bits per heavy atom. The molecule has 2 aliphatic rings. The van der Waals surface area contributed by atoms with Gasteiger partial charge in [-0.2, -0.15) is 0 Å². The fraction of sp³-hybridized carbons (Fsp3) is 1.00. The molecule has 0 aromatic carbocycles. The van der Waals surface area contributed by atoms with Gasteiger partial charge in [-0.05, 0) is 12.8 Å². The van der Waals surface area contributed by atoms with E-state index in [-0.39, 0.29) is 0 Å². The maximum atomic E-state index is 9.78. The average Bonchev–Trinajstić information content (AvgIpc) is 2.50. The van der Waals surface area contributed by atoms with E-state index in [0.29, 0.717) is 19.1 Å². The highest BCUT2D eigenvalue weighted by molar-refractivity contribution is 4.91. The second-order valence-corrected chi connectivity index (χ2v) is 3.77. The van der Waals surface area contributed by atoms with Gasteiger partial charge in [-0.15, -0.1) is 0 Å². The van der Waals surface area contributed by atoms with E-state index in [1.807, 2.05) is 0 Å². The molecule has 1 spiro atoms. The highest BCUT2D eigenvalue weighted by Gasteiger charge is 2.49. The summed E-state index contributed by atoms with van der Waals surface area (Å²) in [5, 5.41) is 9.78. The molecule has 1 heterocycles. The van der Waals surface area contributed by atoms with Gasteiger partial charge in [0.25, 0.3) is 0 Å². The molecule has 1 aliphatic carbocycles. The molecule has 2 rings (SSSR count). The summed E-state index contributed by atoms with van der Waals surface area (Å²) in [5.74, 6) is -0.332. The molecule has 1 N–H and O–H groups in total. The molecule has 12 heavy (non-hydrogen) atoms. The van der Waals surface area contributed by atoms with E-state index in [2.05, 4.69) is 6.92 Å². The lowest BCUT2D eigenvalue weighted by Crippen LogP contribution is -2.51. The first-order valence-corrected chi connectivity index (χ1v) is 4.71. The molecule has 2 fully saturated rings. The summed E-state index contributed by atoms with van der Waals surface area (Å²) in [6, 6.07) is 0. The molecule has 3 nitrogen and oxygen atoms in total. The second kappa shape index (κ2) is 2.98. The van der Waals surface area contributed by atoms with Crippen LogP contribution in [-0.2, 0) is 9.47 Å². The molecule has 2 atom stereocenters. The molecule has 70 valence electrons. The smallest absolute Gasteiger partial charge is 0.197 e. The van der Waals surface area contributed by atoms with Crippen molar-refractivity contribution in [1.82, 2.24) is 0 Å². The molecule has 1 saturated heterocycles. The Bertz CT molecular complexity index is 151. The van der Waals surface area contributed by atoms with Crippen LogP contribution < -0.4 is 0 Å². The Morgan fingerprint density at radius 2 is 1.92 bits per heavy atom. The van der Waals surface area contributed by atoms with E-state index < -0.39 is 11.9 Å². The van der Waals surface area contributed by atoms with Gasteiger partial charge in [-0.3, -0.25) is 0 Å². The SMILES string of the molecule is CC1CCCC(O)C12OCCO2. The zero-order chi connectivity index (χ0) is 8.60. The minimum Gasteiger partial charge on any atom is -0.387 e. The standard InChI is InChI=1S/C9H16O3/c1-7-3-2-4-8(10)9(7)11-5-6-12-9/h7-8,10H,2-6H2,1H3. The van der Waals surface area contributed by atoms with Crippen LogP contribution in [0, 0.1) is 5.92 Å². The van der Waals surface area contributed by atoms with Gasteiger partial charge in [0, 0.05) is 5.92 Å². The summed E-state index contributed by atoms with van der Waals surface area (Å²) in [6.45, 7) is 3.34.